The maximum atomic E-state index is 12.9. The number of hydrogen-bond donors (Lipinski definition) is 1. The van der Waals surface area contributed by atoms with Crippen molar-refractivity contribution in [3.05, 3.63) is 63.8 Å². The molecule has 0 spiro atoms. The van der Waals surface area contributed by atoms with Gasteiger partial charge in [0.15, 0.2) is 5.58 Å². The van der Waals surface area contributed by atoms with Crippen LogP contribution in [0.5, 0.6) is 0 Å². The first-order chi connectivity index (χ1) is 11.1. The molecule has 0 aliphatic rings. The van der Waals surface area contributed by atoms with Crippen LogP contribution >= 0.6 is 11.3 Å². The molecule has 0 atom stereocenters. The molecule has 0 fully saturated rings. The molecular formula is C16H12FNO4S. The summed E-state index contributed by atoms with van der Waals surface area (Å²) < 4.78 is 23.2. The number of thiophene rings is 1. The largest absolute Gasteiger partial charge is 0.465 e. The van der Waals surface area contributed by atoms with Crippen molar-refractivity contribution in [2.45, 2.75) is 6.54 Å². The van der Waals surface area contributed by atoms with E-state index >= 15 is 0 Å². The van der Waals surface area contributed by atoms with Gasteiger partial charge in [-0.1, -0.05) is 12.1 Å². The minimum absolute atomic E-state index is 0.132. The molecule has 1 N–H and O–H groups in total. The molecular weight excluding hydrogens is 321 g/mol. The van der Waals surface area contributed by atoms with Gasteiger partial charge in [-0.25, -0.2) is 14.0 Å². The summed E-state index contributed by atoms with van der Waals surface area (Å²) in [6.45, 7) is 0.501. The van der Waals surface area contributed by atoms with E-state index in [0.717, 1.165) is 10.6 Å². The van der Waals surface area contributed by atoms with Gasteiger partial charge in [-0.05, 0) is 23.8 Å². The fraction of sp³-hybridized carbons (Fsp3) is 0.125. The number of benzene rings is 1. The summed E-state index contributed by atoms with van der Waals surface area (Å²) >= 11 is 1.34. The van der Waals surface area contributed by atoms with Gasteiger partial charge in [-0.2, -0.15) is 0 Å². The summed E-state index contributed by atoms with van der Waals surface area (Å²) in [6, 6.07) is 9.30. The number of nitrogens with one attached hydrogen (secondary N) is 1. The topological polar surface area (TPSA) is 68.5 Å². The van der Waals surface area contributed by atoms with Gasteiger partial charge in [0.05, 0.1) is 16.8 Å². The molecule has 118 valence electrons. The minimum atomic E-state index is -0.729. The zero-order valence-corrected chi connectivity index (χ0v) is 12.9. The molecule has 0 amide bonds. The van der Waals surface area contributed by atoms with Crippen LogP contribution in [0.15, 0.2) is 45.6 Å². The molecule has 3 aromatic rings. The number of carbonyl (C=O) groups excluding carboxylic acids is 1. The number of rotatable bonds is 4. The number of anilines is 1. The van der Waals surface area contributed by atoms with Crippen molar-refractivity contribution in [3.63, 3.8) is 0 Å². The maximum Gasteiger partial charge on any atom is 0.351 e. The normalized spacial score (nSPS) is 10.7. The molecule has 0 radical (unpaired) electrons. The van der Waals surface area contributed by atoms with Crippen LogP contribution in [-0.2, 0) is 11.3 Å². The second-order valence-corrected chi connectivity index (χ2v) is 5.84. The van der Waals surface area contributed by atoms with Crippen LogP contribution in [0.25, 0.3) is 10.3 Å². The van der Waals surface area contributed by atoms with E-state index < -0.39 is 11.6 Å². The van der Waals surface area contributed by atoms with E-state index in [9.17, 15) is 14.0 Å². The number of carbonyl (C=O) groups is 1. The van der Waals surface area contributed by atoms with E-state index in [2.05, 4.69) is 10.1 Å². The van der Waals surface area contributed by atoms with Crippen molar-refractivity contribution in [1.29, 1.82) is 0 Å². The van der Waals surface area contributed by atoms with Crippen LogP contribution in [0.2, 0.25) is 0 Å². The van der Waals surface area contributed by atoms with Gasteiger partial charge in [0.25, 0.3) is 0 Å². The van der Waals surface area contributed by atoms with E-state index in [1.165, 1.54) is 36.6 Å². The SMILES string of the molecule is COC(=O)c1cc2sc(NCc3ccc(F)cc3)cc2oc1=O. The standard InChI is InChI=1S/C16H12FNO4S/c1-21-15(19)11-6-13-12(22-16(11)20)7-14(23-13)18-8-9-2-4-10(17)5-3-9/h2-7,18H,8H2,1H3. The van der Waals surface area contributed by atoms with Crippen LogP contribution < -0.4 is 10.9 Å². The Labute approximate surface area is 134 Å². The highest BCUT2D eigenvalue weighted by atomic mass is 32.1. The van der Waals surface area contributed by atoms with E-state index in [1.807, 2.05) is 0 Å². The minimum Gasteiger partial charge on any atom is -0.465 e. The number of ether oxygens (including phenoxy) is 1. The van der Waals surface area contributed by atoms with E-state index in [4.69, 9.17) is 4.42 Å². The van der Waals surface area contributed by atoms with Crippen LogP contribution in [-0.4, -0.2) is 13.1 Å². The Kier molecular flexibility index (Phi) is 4.12. The third-order valence-corrected chi connectivity index (χ3v) is 4.23. The number of halogens is 1. The molecule has 0 aliphatic heterocycles. The number of fused-ring (bicyclic) bond motifs is 1. The van der Waals surface area contributed by atoms with Gasteiger partial charge >= 0.3 is 11.6 Å². The molecule has 2 aromatic heterocycles. The van der Waals surface area contributed by atoms with Gasteiger partial charge < -0.3 is 14.5 Å². The van der Waals surface area contributed by atoms with Crippen molar-refractivity contribution in [1.82, 2.24) is 0 Å². The average molecular weight is 333 g/mol. The Bertz CT molecular complexity index is 914. The van der Waals surface area contributed by atoms with Gasteiger partial charge in [0.2, 0.25) is 0 Å². The highest BCUT2D eigenvalue weighted by molar-refractivity contribution is 7.22. The molecule has 23 heavy (non-hydrogen) atoms. The van der Waals surface area contributed by atoms with Crippen LogP contribution in [0, 0.1) is 5.82 Å². The Balaban J connectivity index is 1.83. The molecule has 7 heteroatoms. The van der Waals surface area contributed by atoms with Gasteiger partial charge in [0.1, 0.15) is 11.4 Å². The lowest BCUT2D eigenvalue weighted by Gasteiger charge is -2.02. The van der Waals surface area contributed by atoms with Crippen molar-refractivity contribution >= 4 is 32.6 Å². The van der Waals surface area contributed by atoms with E-state index in [1.54, 1.807) is 18.2 Å². The molecule has 5 nitrogen and oxygen atoms in total. The molecule has 2 heterocycles. The Morgan fingerprint density at radius 3 is 2.74 bits per heavy atom. The second-order valence-electron chi connectivity index (χ2n) is 4.76. The summed E-state index contributed by atoms with van der Waals surface area (Å²) in [4.78, 5) is 23.2. The van der Waals surface area contributed by atoms with Gasteiger partial charge in [-0.3, -0.25) is 0 Å². The predicted molar refractivity (Wildman–Crippen MR) is 85.4 cm³/mol. The van der Waals surface area contributed by atoms with Crippen LogP contribution in [0.1, 0.15) is 15.9 Å². The lowest BCUT2D eigenvalue weighted by Crippen LogP contribution is -2.14. The second kappa shape index (κ2) is 6.21. The summed E-state index contributed by atoms with van der Waals surface area (Å²) in [5, 5.41) is 3.94. The lowest BCUT2D eigenvalue weighted by molar-refractivity contribution is 0.0596. The molecule has 0 bridgehead atoms. The van der Waals surface area contributed by atoms with Gasteiger partial charge in [-0.15, -0.1) is 11.3 Å². The first-order valence-corrected chi connectivity index (χ1v) is 7.53. The Hall–Kier alpha value is -2.67. The van der Waals surface area contributed by atoms with Crippen LogP contribution in [0.3, 0.4) is 0 Å². The Morgan fingerprint density at radius 2 is 2.04 bits per heavy atom. The number of hydrogen-bond acceptors (Lipinski definition) is 6. The summed E-state index contributed by atoms with van der Waals surface area (Å²) in [5.41, 5.74) is 0.453. The highest BCUT2D eigenvalue weighted by Gasteiger charge is 2.15. The van der Waals surface area contributed by atoms with Crippen molar-refractivity contribution in [2.75, 3.05) is 12.4 Å². The fourth-order valence-electron chi connectivity index (χ4n) is 2.04. The van der Waals surface area contributed by atoms with Crippen molar-refractivity contribution in [3.8, 4) is 0 Å². The quantitative estimate of drug-likeness (QED) is 0.741. The highest BCUT2D eigenvalue weighted by Crippen LogP contribution is 2.29. The first-order valence-electron chi connectivity index (χ1n) is 6.71. The molecule has 1 aromatic carbocycles. The molecule has 0 saturated carbocycles. The average Bonchev–Trinajstić information content (AvgIpc) is 2.94. The molecule has 0 saturated heterocycles. The third-order valence-electron chi connectivity index (χ3n) is 3.21. The smallest absolute Gasteiger partial charge is 0.351 e. The third kappa shape index (κ3) is 3.24. The van der Waals surface area contributed by atoms with E-state index in [-0.39, 0.29) is 11.4 Å². The van der Waals surface area contributed by atoms with Gasteiger partial charge in [0, 0.05) is 12.6 Å². The first kappa shape index (κ1) is 15.2. The van der Waals surface area contributed by atoms with Crippen LogP contribution in [0.4, 0.5) is 9.39 Å². The number of esters is 1. The monoisotopic (exact) mass is 333 g/mol. The fourth-order valence-corrected chi connectivity index (χ4v) is 2.97. The molecule has 0 aliphatic carbocycles. The number of methoxy groups -OCH3 is 1. The summed E-state index contributed by atoms with van der Waals surface area (Å²) in [6.07, 6.45) is 0. The zero-order valence-electron chi connectivity index (χ0n) is 12.1. The lowest BCUT2D eigenvalue weighted by atomic mass is 10.2. The molecule has 0 unspecified atom stereocenters. The predicted octanol–water partition coefficient (Wildman–Crippen LogP) is 3.39. The molecule has 3 rings (SSSR count). The van der Waals surface area contributed by atoms with Crippen molar-refractivity contribution in [2.24, 2.45) is 0 Å². The maximum absolute atomic E-state index is 12.9. The zero-order chi connectivity index (χ0) is 16.4. The van der Waals surface area contributed by atoms with E-state index in [0.29, 0.717) is 16.8 Å². The Morgan fingerprint density at radius 1 is 1.30 bits per heavy atom. The van der Waals surface area contributed by atoms with Crippen molar-refractivity contribution < 1.29 is 18.3 Å². The summed E-state index contributed by atoms with van der Waals surface area (Å²) in [5.74, 6) is -1.01. The summed E-state index contributed by atoms with van der Waals surface area (Å²) in [7, 11) is 1.20.